The molecule has 2 aromatic rings. The lowest BCUT2D eigenvalue weighted by molar-refractivity contribution is -0.141. The molecule has 9 heteroatoms. The van der Waals surface area contributed by atoms with Gasteiger partial charge < -0.3 is 20.5 Å². The average Bonchev–Trinajstić information content (AvgIpc) is 2.65. The van der Waals surface area contributed by atoms with Gasteiger partial charge in [0.15, 0.2) is 5.75 Å². The Bertz CT molecular complexity index is 922. The Hall–Kier alpha value is -2.77. The van der Waals surface area contributed by atoms with Gasteiger partial charge in [0, 0.05) is 11.6 Å². The molecular formula is C21H22Cl2N2O5. The number of carbonyl (C=O) groups is 3. The third kappa shape index (κ3) is 6.64. The first-order valence-electron chi connectivity index (χ1n) is 9.15. The molecule has 2 aromatic carbocycles. The van der Waals surface area contributed by atoms with Gasteiger partial charge in [0.25, 0.3) is 0 Å². The van der Waals surface area contributed by atoms with Gasteiger partial charge in [-0.15, -0.1) is 0 Å². The molecule has 3 N–H and O–H groups in total. The Morgan fingerprint density at radius 3 is 2.10 bits per heavy atom. The van der Waals surface area contributed by atoms with Gasteiger partial charge >= 0.3 is 5.97 Å². The molecule has 0 saturated carbocycles. The topological polar surface area (TPSA) is 105 Å². The van der Waals surface area contributed by atoms with E-state index in [1.165, 1.54) is 19.1 Å². The normalized spacial score (nSPS) is 11.7. The first-order chi connectivity index (χ1) is 14.1. The van der Waals surface area contributed by atoms with Gasteiger partial charge in [-0.1, -0.05) is 37.0 Å². The molecule has 2 amide bonds. The zero-order valence-electron chi connectivity index (χ0n) is 16.7. The fourth-order valence-electron chi connectivity index (χ4n) is 2.36. The molecule has 7 nitrogen and oxygen atoms in total. The predicted molar refractivity (Wildman–Crippen MR) is 115 cm³/mol. The molecule has 160 valence electrons. The van der Waals surface area contributed by atoms with Crippen LogP contribution in [0.3, 0.4) is 0 Å². The zero-order chi connectivity index (χ0) is 22.4. The number of halogens is 2. The van der Waals surface area contributed by atoms with E-state index in [0.717, 1.165) is 0 Å². The van der Waals surface area contributed by atoms with Crippen molar-refractivity contribution in [1.82, 2.24) is 5.32 Å². The van der Waals surface area contributed by atoms with Crippen molar-refractivity contribution in [2.24, 2.45) is 5.92 Å². The molecule has 0 aliphatic heterocycles. The Labute approximate surface area is 184 Å². The van der Waals surface area contributed by atoms with Crippen LogP contribution in [0.2, 0.25) is 10.0 Å². The number of ether oxygens (including phenoxy) is 1. The second-order valence-electron chi connectivity index (χ2n) is 6.96. The highest BCUT2D eigenvalue weighted by atomic mass is 35.5. The van der Waals surface area contributed by atoms with Crippen molar-refractivity contribution in [3.8, 4) is 11.5 Å². The standard InChI is InChI=1S/C21H22Cl2N2O5/c1-11(2)20(27)25-14-4-6-15(7-5-14)30-19-16(22)8-13(9-17(19)23)10-18(26)24-12(3)21(28)29/h4-9,11-12H,10H2,1-3H3,(H,24,26)(H,25,27)(H,28,29)/t12-/m0/s1. The number of amides is 2. The van der Waals surface area contributed by atoms with Crippen LogP contribution in [0.5, 0.6) is 11.5 Å². The minimum absolute atomic E-state index is 0.0818. The van der Waals surface area contributed by atoms with Gasteiger partial charge in [0.05, 0.1) is 16.5 Å². The number of benzene rings is 2. The van der Waals surface area contributed by atoms with Crippen LogP contribution < -0.4 is 15.4 Å². The number of hydrogen-bond donors (Lipinski definition) is 3. The van der Waals surface area contributed by atoms with Gasteiger partial charge in [0.2, 0.25) is 11.8 Å². The summed E-state index contributed by atoms with van der Waals surface area (Å²) in [6.45, 7) is 4.98. The summed E-state index contributed by atoms with van der Waals surface area (Å²) in [5.41, 5.74) is 1.15. The summed E-state index contributed by atoms with van der Waals surface area (Å²) in [4.78, 5) is 34.5. The van der Waals surface area contributed by atoms with E-state index in [-0.39, 0.29) is 34.0 Å². The maximum Gasteiger partial charge on any atom is 0.325 e. The highest BCUT2D eigenvalue weighted by Gasteiger charge is 2.17. The number of nitrogens with one attached hydrogen (secondary N) is 2. The highest BCUT2D eigenvalue weighted by Crippen LogP contribution is 2.37. The molecule has 0 heterocycles. The smallest absolute Gasteiger partial charge is 0.325 e. The Balaban J connectivity index is 2.08. The molecule has 0 bridgehead atoms. The Morgan fingerprint density at radius 1 is 1.03 bits per heavy atom. The molecule has 0 aliphatic rings. The second-order valence-corrected chi connectivity index (χ2v) is 7.78. The van der Waals surface area contributed by atoms with E-state index in [1.54, 1.807) is 38.1 Å². The van der Waals surface area contributed by atoms with E-state index in [2.05, 4.69) is 10.6 Å². The zero-order valence-corrected chi connectivity index (χ0v) is 18.2. The van der Waals surface area contributed by atoms with Crippen molar-refractivity contribution in [2.45, 2.75) is 33.2 Å². The fraction of sp³-hybridized carbons (Fsp3) is 0.286. The summed E-state index contributed by atoms with van der Waals surface area (Å²) in [6, 6.07) is 8.78. The van der Waals surface area contributed by atoms with Gasteiger partial charge in [0.1, 0.15) is 11.8 Å². The van der Waals surface area contributed by atoms with Crippen molar-refractivity contribution in [3.63, 3.8) is 0 Å². The largest absolute Gasteiger partial charge is 0.480 e. The van der Waals surface area contributed by atoms with E-state index < -0.39 is 17.9 Å². The number of rotatable bonds is 8. The number of carbonyl (C=O) groups excluding carboxylic acids is 2. The van der Waals surface area contributed by atoms with Gasteiger partial charge in [-0.2, -0.15) is 0 Å². The molecule has 1 atom stereocenters. The minimum Gasteiger partial charge on any atom is -0.480 e. The van der Waals surface area contributed by atoms with Crippen LogP contribution in [-0.2, 0) is 20.8 Å². The number of hydrogen-bond acceptors (Lipinski definition) is 4. The first-order valence-corrected chi connectivity index (χ1v) is 9.91. The monoisotopic (exact) mass is 452 g/mol. The van der Waals surface area contributed by atoms with Crippen molar-refractivity contribution in [1.29, 1.82) is 0 Å². The summed E-state index contributed by atoms with van der Waals surface area (Å²) in [5.74, 6) is -1.14. The van der Waals surface area contributed by atoms with E-state index >= 15 is 0 Å². The summed E-state index contributed by atoms with van der Waals surface area (Å²) in [5, 5.41) is 14.4. The summed E-state index contributed by atoms with van der Waals surface area (Å²) < 4.78 is 5.75. The maximum atomic E-state index is 12.0. The third-order valence-corrected chi connectivity index (χ3v) is 4.60. The predicted octanol–water partition coefficient (Wildman–Crippen LogP) is 4.51. The molecule has 2 rings (SSSR count). The lowest BCUT2D eigenvalue weighted by Crippen LogP contribution is -2.39. The van der Waals surface area contributed by atoms with E-state index in [1.807, 2.05) is 0 Å². The summed E-state index contributed by atoms with van der Waals surface area (Å²) >= 11 is 12.5. The SMILES string of the molecule is CC(C)C(=O)Nc1ccc(Oc2c(Cl)cc(CC(=O)N[C@@H](C)C(=O)O)cc2Cl)cc1. The second kappa shape index (κ2) is 10.3. The molecule has 0 aliphatic carbocycles. The van der Waals surface area contributed by atoms with Crippen molar-refractivity contribution in [2.75, 3.05) is 5.32 Å². The van der Waals surface area contributed by atoms with Crippen LogP contribution in [0.1, 0.15) is 26.3 Å². The Morgan fingerprint density at radius 2 is 1.60 bits per heavy atom. The first kappa shape index (κ1) is 23.5. The van der Waals surface area contributed by atoms with E-state index in [0.29, 0.717) is 17.0 Å². The molecule has 0 fully saturated rings. The van der Waals surface area contributed by atoms with Crippen LogP contribution in [0.25, 0.3) is 0 Å². The molecule has 0 spiro atoms. The summed E-state index contributed by atoms with van der Waals surface area (Å²) in [6.07, 6.45) is -0.0818. The number of aliphatic carboxylic acids is 1. The molecule has 30 heavy (non-hydrogen) atoms. The van der Waals surface area contributed by atoms with Crippen LogP contribution in [0.15, 0.2) is 36.4 Å². The van der Waals surface area contributed by atoms with E-state index in [4.69, 9.17) is 33.0 Å². The molecular weight excluding hydrogens is 431 g/mol. The third-order valence-electron chi connectivity index (χ3n) is 4.04. The van der Waals surface area contributed by atoms with Crippen LogP contribution >= 0.6 is 23.2 Å². The lowest BCUT2D eigenvalue weighted by atomic mass is 10.1. The maximum absolute atomic E-state index is 12.0. The van der Waals surface area contributed by atoms with Crippen molar-refractivity contribution in [3.05, 3.63) is 52.0 Å². The van der Waals surface area contributed by atoms with Crippen LogP contribution in [-0.4, -0.2) is 28.9 Å². The van der Waals surface area contributed by atoms with Gasteiger partial charge in [-0.05, 0) is 48.9 Å². The molecule has 0 aromatic heterocycles. The molecule has 0 radical (unpaired) electrons. The molecule has 0 saturated heterocycles. The number of anilines is 1. The van der Waals surface area contributed by atoms with Crippen molar-refractivity contribution < 1.29 is 24.2 Å². The van der Waals surface area contributed by atoms with E-state index in [9.17, 15) is 14.4 Å². The fourth-order valence-corrected chi connectivity index (χ4v) is 2.97. The van der Waals surface area contributed by atoms with Crippen LogP contribution in [0.4, 0.5) is 5.69 Å². The average molecular weight is 453 g/mol. The molecule has 0 unspecified atom stereocenters. The van der Waals surface area contributed by atoms with Crippen LogP contribution in [0, 0.1) is 5.92 Å². The number of carboxylic acids is 1. The highest BCUT2D eigenvalue weighted by molar-refractivity contribution is 6.37. The lowest BCUT2D eigenvalue weighted by Gasteiger charge is -2.13. The summed E-state index contributed by atoms with van der Waals surface area (Å²) in [7, 11) is 0. The van der Waals surface area contributed by atoms with Gasteiger partial charge in [-0.25, -0.2) is 0 Å². The quantitative estimate of drug-likeness (QED) is 0.546. The van der Waals surface area contributed by atoms with Crippen molar-refractivity contribution >= 4 is 46.7 Å². The number of carboxylic acid groups (broad SMARTS) is 1. The minimum atomic E-state index is -1.13. The van der Waals surface area contributed by atoms with Gasteiger partial charge in [-0.3, -0.25) is 14.4 Å². The Kier molecular flexibility index (Phi) is 8.08.